The van der Waals surface area contributed by atoms with E-state index in [1.165, 1.54) is 0 Å². The van der Waals surface area contributed by atoms with Gasteiger partial charge in [0.15, 0.2) is 5.96 Å². The Kier molecular flexibility index (Phi) is 8.82. The number of hydrogen-bond donors (Lipinski definition) is 1. The van der Waals surface area contributed by atoms with Gasteiger partial charge in [-0.1, -0.05) is 0 Å². The topological polar surface area (TPSA) is 69.6 Å². The van der Waals surface area contributed by atoms with Gasteiger partial charge in [0.05, 0.1) is 14.2 Å². The lowest BCUT2D eigenvalue weighted by Crippen LogP contribution is -2.52. The van der Waals surface area contributed by atoms with Crippen LogP contribution in [0.3, 0.4) is 0 Å². The van der Waals surface area contributed by atoms with Crippen molar-refractivity contribution in [2.45, 2.75) is 32.7 Å². The zero-order chi connectivity index (χ0) is 22.1. The predicted molar refractivity (Wildman–Crippen MR) is 123 cm³/mol. The average molecular weight is 432 g/mol. The summed E-state index contributed by atoms with van der Waals surface area (Å²) in [4.78, 5) is 23.3. The van der Waals surface area contributed by atoms with E-state index in [2.05, 4.69) is 28.1 Å². The monoisotopic (exact) mass is 431 g/mol. The quantitative estimate of drug-likeness (QED) is 0.365. The summed E-state index contributed by atoms with van der Waals surface area (Å²) in [6, 6.07) is 5.96. The number of benzene rings is 1. The summed E-state index contributed by atoms with van der Waals surface area (Å²) in [7, 11) is 3.40. The Balaban J connectivity index is 1.49. The van der Waals surface area contributed by atoms with Gasteiger partial charge in [-0.2, -0.15) is 0 Å². The molecule has 2 aliphatic rings. The van der Waals surface area contributed by atoms with Crippen LogP contribution < -0.4 is 14.8 Å². The van der Waals surface area contributed by atoms with E-state index in [0.29, 0.717) is 12.3 Å². The Morgan fingerprint density at radius 3 is 2.58 bits per heavy atom. The van der Waals surface area contributed by atoms with Crippen LogP contribution in [0.25, 0.3) is 0 Å². The van der Waals surface area contributed by atoms with Crippen LogP contribution in [-0.4, -0.2) is 93.1 Å². The van der Waals surface area contributed by atoms with Crippen molar-refractivity contribution >= 4 is 11.9 Å². The number of rotatable bonds is 9. The average Bonchev–Trinajstić information content (AvgIpc) is 3.21. The number of nitrogens with zero attached hydrogens (tertiary/aromatic N) is 4. The van der Waals surface area contributed by atoms with Crippen LogP contribution in [0.4, 0.5) is 0 Å². The van der Waals surface area contributed by atoms with Gasteiger partial charge in [0, 0.05) is 70.9 Å². The molecule has 1 aromatic carbocycles. The number of guanidine groups is 1. The first-order chi connectivity index (χ1) is 15.1. The molecule has 0 radical (unpaired) electrons. The lowest BCUT2D eigenvalue weighted by molar-refractivity contribution is -0.127. The molecule has 0 bridgehead atoms. The maximum atomic E-state index is 11.7. The van der Waals surface area contributed by atoms with Crippen molar-refractivity contribution in [3.8, 4) is 11.5 Å². The maximum absolute atomic E-state index is 11.7. The predicted octanol–water partition coefficient (Wildman–Crippen LogP) is 1.80. The zero-order valence-electron chi connectivity index (χ0n) is 19.2. The molecule has 8 heteroatoms. The molecule has 1 amide bonds. The Bertz CT molecular complexity index is 747. The van der Waals surface area contributed by atoms with E-state index in [0.717, 1.165) is 94.8 Å². The Hall–Kier alpha value is -2.48. The van der Waals surface area contributed by atoms with Crippen molar-refractivity contribution < 1.29 is 14.3 Å². The molecule has 2 fully saturated rings. The van der Waals surface area contributed by atoms with Crippen LogP contribution in [0.5, 0.6) is 11.5 Å². The van der Waals surface area contributed by atoms with Crippen LogP contribution in [0.15, 0.2) is 23.2 Å². The highest BCUT2D eigenvalue weighted by molar-refractivity contribution is 5.80. The van der Waals surface area contributed by atoms with Crippen molar-refractivity contribution in [2.24, 2.45) is 4.99 Å². The number of methoxy groups -OCH3 is 2. The molecule has 0 aromatic heterocycles. The van der Waals surface area contributed by atoms with Crippen molar-refractivity contribution in [1.82, 2.24) is 20.0 Å². The van der Waals surface area contributed by atoms with Gasteiger partial charge in [-0.25, -0.2) is 0 Å². The third-order valence-corrected chi connectivity index (χ3v) is 5.91. The van der Waals surface area contributed by atoms with E-state index in [1.807, 2.05) is 17.0 Å². The first-order valence-corrected chi connectivity index (χ1v) is 11.4. The molecule has 0 saturated carbocycles. The van der Waals surface area contributed by atoms with Gasteiger partial charge in [-0.3, -0.25) is 14.7 Å². The van der Waals surface area contributed by atoms with E-state index in [4.69, 9.17) is 14.5 Å². The molecule has 8 nitrogen and oxygen atoms in total. The minimum atomic E-state index is 0.291. The molecule has 0 atom stereocenters. The number of nitrogens with one attached hydrogen (secondary N) is 1. The van der Waals surface area contributed by atoms with E-state index < -0.39 is 0 Å². The molecule has 31 heavy (non-hydrogen) atoms. The minimum absolute atomic E-state index is 0.291. The summed E-state index contributed by atoms with van der Waals surface area (Å²) < 4.78 is 10.9. The van der Waals surface area contributed by atoms with Gasteiger partial charge < -0.3 is 24.6 Å². The molecule has 1 N–H and O–H groups in total. The normalized spacial score (nSPS) is 17.9. The second kappa shape index (κ2) is 11.8. The van der Waals surface area contributed by atoms with Crippen LogP contribution >= 0.6 is 0 Å². The number of hydrogen-bond acceptors (Lipinski definition) is 5. The Labute approximate surface area is 186 Å². The third kappa shape index (κ3) is 6.50. The number of piperazine rings is 1. The molecule has 172 valence electrons. The summed E-state index contributed by atoms with van der Waals surface area (Å²) in [6.07, 6.45) is 2.62. The van der Waals surface area contributed by atoms with Gasteiger partial charge in [-0.15, -0.1) is 0 Å². The van der Waals surface area contributed by atoms with Gasteiger partial charge in [0.2, 0.25) is 5.91 Å². The van der Waals surface area contributed by atoms with Crippen LogP contribution in [0, 0.1) is 0 Å². The lowest BCUT2D eigenvalue weighted by atomic mass is 10.1. The van der Waals surface area contributed by atoms with Gasteiger partial charge in [0.25, 0.3) is 0 Å². The smallest absolute Gasteiger partial charge is 0.222 e. The molecular formula is C23H37N5O3. The molecule has 2 aliphatic heterocycles. The molecule has 0 aliphatic carbocycles. The summed E-state index contributed by atoms with van der Waals surface area (Å²) in [6.45, 7) is 10.1. The molecule has 3 rings (SSSR count). The maximum Gasteiger partial charge on any atom is 0.222 e. The number of amides is 1. The van der Waals surface area contributed by atoms with Crippen LogP contribution in [-0.2, 0) is 11.3 Å². The zero-order valence-corrected chi connectivity index (χ0v) is 19.2. The van der Waals surface area contributed by atoms with Crippen LogP contribution in [0.1, 0.15) is 31.7 Å². The van der Waals surface area contributed by atoms with Crippen molar-refractivity contribution in [2.75, 3.05) is 66.6 Å². The van der Waals surface area contributed by atoms with Gasteiger partial charge in [0.1, 0.15) is 11.5 Å². The fourth-order valence-corrected chi connectivity index (χ4v) is 4.18. The molecule has 2 saturated heterocycles. The van der Waals surface area contributed by atoms with E-state index in [1.54, 1.807) is 14.2 Å². The number of likely N-dealkylation sites (tertiary alicyclic amines) is 1. The van der Waals surface area contributed by atoms with Crippen LogP contribution in [0.2, 0.25) is 0 Å². The highest BCUT2D eigenvalue weighted by Crippen LogP contribution is 2.25. The molecule has 2 heterocycles. The minimum Gasteiger partial charge on any atom is -0.497 e. The van der Waals surface area contributed by atoms with Gasteiger partial charge in [-0.05, 0) is 38.0 Å². The standard InChI is InChI=1S/C23H37N5O3/c1-4-24-23(25-10-6-12-27-11-5-7-22(27)29)28-15-13-26(14-16-28)18-19-17-20(30-2)8-9-21(19)31-3/h8-9,17H,4-7,10-16,18H2,1-3H3,(H,24,25). The molecule has 0 spiro atoms. The number of ether oxygens (including phenoxy) is 2. The van der Waals surface area contributed by atoms with Crippen molar-refractivity contribution in [3.05, 3.63) is 23.8 Å². The van der Waals surface area contributed by atoms with E-state index in [9.17, 15) is 4.79 Å². The molecular weight excluding hydrogens is 394 g/mol. The first-order valence-electron chi connectivity index (χ1n) is 11.4. The second-order valence-electron chi connectivity index (χ2n) is 8.01. The lowest BCUT2D eigenvalue weighted by Gasteiger charge is -2.36. The first kappa shape index (κ1) is 23.2. The van der Waals surface area contributed by atoms with E-state index in [-0.39, 0.29) is 0 Å². The van der Waals surface area contributed by atoms with Gasteiger partial charge >= 0.3 is 0 Å². The number of carbonyl (C=O) groups is 1. The summed E-state index contributed by atoms with van der Waals surface area (Å²) in [5.41, 5.74) is 1.15. The molecule has 0 unspecified atom stereocenters. The second-order valence-corrected chi connectivity index (χ2v) is 8.01. The Morgan fingerprint density at radius 1 is 1.13 bits per heavy atom. The number of carbonyl (C=O) groups excluding carboxylic acids is 1. The largest absolute Gasteiger partial charge is 0.497 e. The summed E-state index contributed by atoms with van der Waals surface area (Å²) >= 11 is 0. The number of aliphatic imine (C=N–C) groups is 1. The fourth-order valence-electron chi connectivity index (χ4n) is 4.18. The fraction of sp³-hybridized carbons (Fsp3) is 0.652. The summed E-state index contributed by atoms with van der Waals surface area (Å²) in [5.74, 6) is 3.02. The third-order valence-electron chi connectivity index (χ3n) is 5.91. The SMILES string of the molecule is CCNC(=NCCCN1CCCC1=O)N1CCN(Cc2cc(OC)ccc2OC)CC1. The van der Waals surface area contributed by atoms with E-state index >= 15 is 0 Å². The van der Waals surface area contributed by atoms with Crippen molar-refractivity contribution in [1.29, 1.82) is 0 Å². The summed E-state index contributed by atoms with van der Waals surface area (Å²) in [5, 5.41) is 3.43. The highest BCUT2D eigenvalue weighted by Gasteiger charge is 2.21. The van der Waals surface area contributed by atoms with Crippen molar-refractivity contribution in [3.63, 3.8) is 0 Å². The molecule has 1 aromatic rings. The highest BCUT2D eigenvalue weighted by atomic mass is 16.5. The Morgan fingerprint density at radius 2 is 1.94 bits per heavy atom.